The minimum atomic E-state index is -1.30. The van der Waals surface area contributed by atoms with Crippen molar-refractivity contribution >= 4 is 66.0 Å². The number of unbranched alkanes of at least 4 members (excludes halogenated alkanes) is 21. The van der Waals surface area contributed by atoms with Gasteiger partial charge in [0.05, 0.1) is 0 Å². The molecule has 0 aromatic carbocycles. The van der Waals surface area contributed by atoms with Gasteiger partial charge in [-0.05, 0) is 51.4 Å². The van der Waals surface area contributed by atoms with Crippen molar-refractivity contribution in [1.82, 2.24) is 54.0 Å². The second-order valence-corrected chi connectivity index (χ2v) is 19.1. The number of carbonyl (C=O) groups is 7. The fraction of sp³-hybridized carbons (Fsp3) is 0.792. The van der Waals surface area contributed by atoms with Crippen LogP contribution >= 0.6 is 0 Å². The molecule has 0 aromatic heterocycles. The molecule has 7 amide bonds. The zero-order chi connectivity index (χ0) is 58.1. The van der Waals surface area contributed by atoms with Crippen molar-refractivity contribution in [3.63, 3.8) is 0 Å². The number of guanidine groups is 1. The Morgan fingerprint density at radius 2 is 0.722 bits per heavy atom. The quantitative estimate of drug-likeness (QED) is 0.0180. The normalized spacial score (nSPS) is 11.9. The molecule has 0 fully saturated rings. The Morgan fingerprint density at radius 1 is 0.405 bits per heavy atom. The van der Waals surface area contributed by atoms with Gasteiger partial charge < -0.3 is 48.7 Å². The maximum absolute atomic E-state index is 13.6. The molecule has 0 aromatic rings. The number of nitrogens with zero attached hydrogens (tertiary/aromatic N) is 4. The average Bonchev–Trinajstić information content (AvgIpc) is 3.43. The van der Waals surface area contributed by atoms with Crippen LogP contribution in [0.25, 0.3) is 0 Å². The summed E-state index contributed by atoms with van der Waals surface area (Å²) in [6.07, 6.45) is 31.8. The molecule has 79 heavy (non-hydrogen) atoms. The zero-order valence-corrected chi connectivity index (χ0v) is 48.1. The van der Waals surface area contributed by atoms with E-state index in [0.29, 0.717) is 0 Å². The number of carbonyl (C=O) groups excluding carboxylic acids is 7. The first-order chi connectivity index (χ1) is 38.4. The van der Waals surface area contributed by atoms with E-state index in [0.717, 1.165) is 57.8 Å². The minimum Gasteiger partial charge on any atom is -0.370 e. The third-order valence-electron chi connectivity index (χ3n) is 11.9. The highest BCUT2D eigenvalue weighted by Crippen LogP contribution is 2.10. The molecule has 26 heteroatoms. The van der Waals surface area contributed by atoms with E-state index in [1.807, 2.05) is 0 Å². The summed E-state index contributed by atoms with van der Waals surface area (Å²) in [5.41, 5.74) is 18.4. The maximum atomic E-state index is 13.6. The van der Waals surface area contributed by atoms with Crippen LogP contribution in [0.5, 0.6) is 0 Å². The molecule has 0 aliphatic carbocycles. The summed E-state index contributed by atoms with van der Waals surface area (Å²) in [5, 5.41) is 30.2. The van der Waals surface area contributed by atoms with Gasteiger partial charge >= 0.3 is 0 Å². The second kappa shape index (κ2) is 55.2. The average molecular weight is 1120 g/mol. The van der Waals surface area contributed by atoms with Crippen LogP contribution in [0.15, 0.2) is 20.3 Å². The van der Waals surface area contributed by atoms with Gasteiger partial charge in [-0.1, -0.05) is 136 Å². The van der Waals surface area contributed by atoms with Crippen LogP contribution in [-0.4, -0.2) is 137 Å². The summed E-state index contributed by atoms with van der Waals surface area (Å²) < 4.78 is 0. The fourth-order valence-electron chi connectivity index (χ4n) is 7.45. The SMILES string of the molecule is CCCCCCCCC/C=N/NOCC(=O)NCCNC(=O)CC[C@H](N=C(N)N)C(=O)N[C@@H](CCC(=O)NCCNC(=O)CON/N=C/CCCCCCCCC)C(=O)NCCNC(=O)CON/N=C/CCCCCCCCC. The van der Waals surface area contributed by atoms with E-state index in [1.165, 1.54) is 96.3 Å². The highest BCUT2D eigenvalue weighted by Gasteiger charge is 2.27. The topological polar surface area (TPSA) is 369 Å². The van der Waals surface area contributed by atoms with Crippen molar-refractivity contribution in [2.24, 2.45) is 31.8 Å². The number of amides is 7. The molecule has 2 atom stereocenters. The summed E-state index contributed by atoms with van der Waals surface area (Å²) in [4.78, 5) is 108. The van der Waals surface area contributed by atoms with Crippen LogP contribution in [0.1, 0.15) is 201 Å². The third kappa shape index (κ3) is 51.1. The molecule has 0 aliphatic rings. The second-order valence-electron chi connectivity index (χ2n) is 19.1. The largest absolute Gasteiger partial charge is 0.370 e. The van der Waals surface area contributed by atoms with Crippen molar-refractivity contribution < 1.29 is 48.1 Å². The van der Waals surface area contributed by atoms with Gasteiger partial charge in [-0.15, -0.1) is 0 Å². The Hall–Kier alpha value is -6.15. The molecule has 0 unspecified atom stereocenters. The lowest BCUT2D eigenvalue weighted by Crippen LogP contribution is -2.51. The lowest BCUT2D eigenvalue weighted by molar-refractivity contribution is -0.131. The van der Waals surface area contributed by atoms with Crippen LogP contribution in [0.2, 0.25) is 0 Å². The van der Waals surface area contributed by atoms with Crippen molar-refractivity contribution in [3.8, 4) is 0 Å². The van der Waals surface area contributed by atoms with Crippen molar-refractivity contribution in [3.05, 3.63) is 0 Å². The predicted molar refractivity (Wildman–Crippen MR) is 309 cm³/mol. The molecule has 0 bridgehead atoms. The van der Waals surface area contributed by atoms with Crippen LogP contribution in [0.3, 0.4) is 0 Å². The summed E-state index contributed by atoms with van der Waals surface area (Å²) in [7, 11) is 0. The van der Waals surface area contributed by atoms with Crippen molar-refractivity contribution in [2.45, 2.75) is 213 Å². The number of hydrazone groups is 3. The van der Waals surface area contributed by atoms with Crippen LogP contribution in [-0.2, 0) is 48.1 Å². The molecule has 0 aliphatic heterocycles. The summed E-state index contributed by atoms with van der Waals surface area (Å²) in [6.45, 7) is 5.90. The number of nitrogens with one attached hydrogen (secondary N) is 10. The predicted octanol–water partition coefficient (Wildman–Crippen LogP) is 3.31. The van der Waals surface area contributed by atoms with Crippen LogP contribution in [0.4, 0.5) is 0 Å². The van der Waals surface area contributed by atoms with Crippen molar-refractivity contribution in [2.75, 3.05) is 59.1 Å². The Kier molecular flexibility index (Phi) is 50.9. The first-order valence-corrected chi connectivity index (χ1v) is 29.1. The molecule has 0 rings (SSSR count). The van der Waals surface area contributed by atoms with Gasteiger partial charge in [0.25, 0.3) is 0 Å². The van der Waals surface area contributed by atoms with Gasteiger partial charge in [-0.3, -0.25) is 33.6 Å². The van der Waals surface area contributed by atoms with Gasteiger partial charge in [-0.25, -0.2) is 19.5 Å². The molecule has 14 N–H and O–H groups in total. The molecule has 0 saturated carbocycles. The Morgan fingerprint density at radius 3 is 1.08 bits per heavy atom. The Balaban J connectivity index is 5.06. The van der Waals surface area contributed by atoms with E-state index >= 15 is 0 Å². The van der Waals surface area contributed by atoms with Gasteiger partial charge in [0.2, 0.25) is 41.4 Å². The minimum absolute atomic E-state index is 0.00484. The number of aliphatic imine (C=N–C) groups is 1. The molecule has 0 heterocycles. The van der Waals surface area contributed by atoms with Crippen LogP contribution in [0, 0.1) is 0 Å². The molecular formula is C53H102N16O10. The number of hydrogen-bond donors (Lipinski definition) is 12. The molecular weight excluding hydrogens is 1020 g/mol. The number of hydrogen-bond acceptors (Lipinski definition) is 17. The molecule has 454 valence electrons. The monoisotopic (exact) mass is 1120 g/mol. The smallest absolute Gasteiger partial charge is 0.248 e. The molecule has 0 spiro atoms. The Labute approximate surface area is 470 Å². The molecule has 0 radical (unpaired) electrons. The van der Waals surface area contributed by atoms with E-state index in [9.17, 15) is 33.6 Å². The van der Waals surface area contributed by atoms with E-state index in [-0.39, 0.29) is 84.8 Å². The standard InChI is InChI=1S/C53H102N16O10/c1-4-7-10-13-16-19-22-25-32-62-67-77-41-48(72)58-37-35-56-46(70)30-28-44(51(75)61-40-39-60-50(74)43-79-69-64-34-27-24-21-18-15-12-9-6-3)65-52(76)45(66-53(54)55)29-31-47(71)57-36-38-59-49(73)42-78-68-63-33-26-23-20-17-14-11-8-5-2/h32-34,44-45,67-69H,4-31,35-43H2,1-3H3,(H,56,70)(H,57,71)(H,58,72)(H,59,73)(H,60,74)(H,61,75)(H,65,76)(H4,54,55,66)/b62-32+,63-33+,64-34+/t44-,45-/m0/s1. The van der Waals surface area contributed by atoms with Gasteiger partial charge in [-0.2, -0.15) is 32.1 Å². The zero-order valence-electron chi connectivity index (χ0n) is 48.1. The van der Waals surface area contributed by atoms with E-state index in [2.05, 4.69) is 95.1 Å². The first kappa shape index (κ1) is 72.8. The fourth-order valence-corrected chi connectivity index (χ4v) is 7.45. The van der Waals surface area contributed by atoms with Gasteiger partial charge in [0.1, 0.15) is 12.1 Å². The molecule has 26 nitrogen and oxygen atoms in total. The van der Waals surface area contributed by atoms with Crippen LogP contribution < -0.4 is 65.5 Å². The van der Waals surface area contributed by atoms with Gasteiger partial charge in [0, 0.05) is 70.8 Å². The number of rotatable bonds is 55. The van der Waals surface area contributed by atoms with E-state index in [1.54, 1.807) is 18.6 Å². The van der Waals surface area contributed by atoms with Gasteiger partial charge in [0.15, 0.2) is 25.8 Å². The number of nitrogens with two attached hydrogens (primary N) is 2. The summed E-state index contributed by atoms with van der Waals surface area (Å²) in [6, 6.07) is -2.58. The van der Waals surface area contributed by atoms with E-state index in [4.69, 9.17) is 26.0 Å². The highest BCUT2D eigenvalue weighted by atomic mass is 16.7. The lowest BCUT2D eigenvalue weighted by Gasteiger charge is -2.21. The highest BCUT2D eigenvalue weighted by molar-refractivity contribution is 5.92. The maximum Gasteiger partial charge on any atom is 0.248 e. The first-order valence-electron chi connectivity index (χ1n) is 29.1. The van der Waals surface area contributed by atoms with E-state index < -0.39 is 59.4 Å². The third-order valence-corrected chi connectivity index (χ3v) is 11.9. The Bertz CT molecular complexity index is 1720. The summed E-state index contributed by atoms with van der Waals surface area (Å²) >= 11 is 0. The molecule has 0 saturated heterocycles. The lowest BCUT2D eigenvalue weighted by atomic mass is 10.1. The summed E-state index contributed by atoms with van der Waals surface area (Å²) in [5.74, 6) is -4.22. The van der Waals surface area contributed by atoms with Crippen molar-refractivity contribution in [1.29, 1.82) is 0 Å².